The predicted molar refractivity (Wildman–Crippen MR) is 78.0 cm³/mol. The first-order chi connectivity index (χ1) is 10.4. The van der Waals surface area contributed by atoms with Gasteiger partial charge in [-0.05, 0) is 11.1 Å². The summed E-state index contributed by atoms with van der Waals surface area (Å²) in [4.78, 5) is 38.9. The van der Waals surface area contributed by atoms with Crippen LogP contribution < -0.4 is 0 Å². The van der Waals surface area contributed by atoms with Gasteiger partial charge in [0.05, 0.1) is 20.1 Å². The molecule has 0 heterocycles. The van der Waals surface area contributed by atoms with Crippen LogP contribution in [-0.4, -0.2) is 51.1 Å². The van der Waals surface area contributed by atoms with Crippen LogP contribution in [0.4, 0.5) is 0 Å². The summed E-state index contributed by atoms with van der Waals surface area (Å²) in [6.45, 7) is 0. The Balaban J connectivity index is 2.69. The first-order valence-electron chi connectivity index (χ1n) is 6.86. The molecule has 1 aliphatic carbocycles. The van der Waals surface area contributed by atoms with E-state index in [1.807, 2.05) is 0 Å². The number of nitrogens with zero attached hydrogens (tertiary/aromatic N) is 1. The maximum absolute atomic E-state index is 12.7. The molecule has 6 heteroatoms. The van der Waals surface area contributed by atoms with E-state index < -0.39 is 23.3 Å². The number of rotatable bonds is 3. The Hall–Kier alpha value is -2.37. The van der Waals surface area contributed by atoms with Crippen molar-refractivity contribution in [3.63, 3.8) is 0 Å². The van der Waals surface area contributed by atoms with E-state index in [1.54, 1.807) is 38.4 Å². The maximum atomic E-state index is 12.7. The third kappa shape index (κ3) is 2.15. The van der Waals surface area contributed by atoms with E-state index in [0.717, 1.165) is 5.56 Å². The molecule has 0 N–H and O–H groups in total. The van der Waals surface area contributed by atoms with Crippen molar-refractivity contribution in [3.8, 4) is 0 Å². The van der Waals surface area contributed by atoms with Gasteiger partial charge in [0.15, 0.2) is 5.41 Å². The Labute approximate surface area is 129 Å². The Morgan fingerprint density at radius 2 is 1.64 bits per heavy atom. The van der Waals surface area contributed by atoms with Gasteiger partial charge in [0.25, 0.3) is 0 Å². The van der Waals surface area contributed by atoms with Gasteiger partial charge >= 0.3 is 11.9 Å². The number of fused-ring (bicyclic) bond motifs is 1. The monoisotopic (exact) mass is 305 g/mol. The number of ether oxygens (including phenoxy) is 2. The lowest BCUT2D eigenvalue weighted by Gasteiger charge is -2.31. The second-order valence-corrected chi connectivity index (χ2v) is 5.50. The summed E-state index contributed by atoms with van der Waals surface area (Å²) < 4.78 is 9.68. The molecule has 0 spiro atoms. The van der Waals surface area contributed by atoms with Gasteiger partial charge in [-0.25, -0.2) is 0 Å². The van der Waals surface area contributed by atoms with E-state index in [0.29, 0.717) is 5.56 Å². The third-order valence-corrected chi connectivity index (χ3v) is 4.12. The van der Waals surface area contributed by atoms with Gasteiger partial charge in [-0.1, -0.05) is 24.3 Å². The molecule has 118 valence electrons. The largest absolute Gasteiger partial charge is 0.468 e. The second-order valence-electron chi connectivity index (χ2n) is 5.50. The molecular formula is C16H19NO5. The first-order valence-corrected chi connectivity index (χ1v) is 6.86. The molecule has 0 aromatic heterocycles. The number of esters is 2. The molecule has 6 nitrogen and oxygen atoms in total. The van der Waals surface area contributed by atoms with Crippen molar-refractivity contribution in [1.29, 1.82) is 0 Å². The van der Waals surface area contributed by atoms with Gasteiger partial charge in [-0.2, -0.15) is 0 Å². The standard InChI is InChI=1S/C16H19NO5/c1-17(2)13(18)12-11-8-6-5-7-10(11)9-16(12,14(19)21-3)15(20)22-4/h5-8,12H,9H2,1-4H3/t12-/m0/s1. The van der Waals surface area contributed by atoms with E-state index in [9.17, 15) is 14.4 Å². The molecule has 1 atom stereocenters. The van der Waals surface area contributed by atoms with E-state index in [2.05, 4.69) is 0 Å². The number of carbonyl (C=O) groups is 3. The smallest absolute Gasteiger partial charge is 0.324 e. The number of carbonyl (C=O) groups excluding carboxylic acids is 3. The third-order valence-electron chi connectivity index (χ3n) is 4.12. The van der Waals surface area contributed by atoms with Gasteiger partial charge in [0.2, 0.25) is 5.91 Å². The summed E-state index contributed by atoms with van der Waals surface area (Å²) >= 11 is 0. The Bertz CT molecular complexity index is 607. The normalized spacial score (nSPS) is 18.3. The van der Waals surface area contributed by atoms with E-state index >= 15 is 0 Å². The number of hydrogen-bond donors (Lipinski definition) is 0. The van der Waals surface area contributed by atoms with Gasteiger partial charge in [-0.15, -0.1) is 0 Å². The predicted octanol–water partition coefficient (Wildman–Crippen LogP) is 0.747. The molecule has 0 saturated heterocycles. The van der Waals surface area contributed by atoms with Crippen molar-refractivity contribution in [2.75, 3.05) is 28.3 Å². The van der Waals surface area contributed by atoms with Crippen LogP contribution in [0.3, 0.4) is 0 Å². The van der Waals surface area contributed by atoms with Crippen LogP contribution in [0.5, 0.6) is 0 Å². The number of methoxy groups -OCH3 is 2. The maximum Gasteiger partial charge on any atom is 0.324 e. The molecule has 1 aromatic rings. The minimum atomic E-state index is -1.67. The summed E-state index contributed by atoms with van der Waals surface area (Å²) in [7, 11) is 5.57. The van der Waals surface area contributed by atoms with Crippen LogP contribution in [0, 0.1) is 5.41 Å². The Morgan fingerprint density at radius 3 is 2.14 bits per heavy atom. The molecule has 1 aromatic carbocycles. The summed E-state index contributed by atoms with van der Waals surface area (Å²) in [6, 6.07) is 7.15. The highest BCUT2D eigenvalue weighted by Gasteiger charge is 2.62. The topological polar surface area (TPSA) is 72.9 Å². The van der Waals surface area contributed by atoms with Crippen LogP contribution in [0.15, 0.2) is 24.3 Å². The van der Waals surface area contributed by atoms with Gasteiger partial charge in [0.1, 0.15) is 0 Å². The number of hydrogen-bond acceptors (Lipinski definition) is 5. The molecule has 2 rings (SSSR count). The van der Waals surface area contributed by atoms with E-state index in [1.165, 1.54) is 19.1 Å². The number of amides is 1. The zero-order chi connectivity index (χ0) is 16.5. The zero-order valence-electron chi connectivity index (χ0n) is 13.1. The molecule has 1 amide bonds. The lowest BCUT2D eigenvalue weighted by Crippen LogP contribution is -2.49. The highest BCUT2D eigenvalue weighted by atomic mass is 16.5. The Morgan fingerprint density at radius 1 is 1.09 bits per heavy atom. The fourth-order valence-corrected chi connectivity index (χ4v) is 3.07. The highest BCUT2D eigenvalue weighted by Crippen LogP contribution is 2.49. The van der Waals surface area contributed by atoms with Crippen molar-refractivity contribution in [2.24, 2.45) is 5.41 Å². The van der Waals surface area contributed by atoms with Crippen molar-refractivity contribution < 1.29 is 23.9 Å². The fourth-order valence-electron chi connectivity index (χ4n) is 3.07. The van der Waals surface area contributed by atoms with Crippen LogP contribution in [0.25, 0.3) is 0 Å². The van der Waals surface area contributed by atoms with Crippen LogP contribution >= 0.6 is 0 Å². The SMILES string of the molecule is COC(=O)C1(C(=O)OC)Cc2ccccc2[C@H]1C(=O)N(C)C. The molecule has 0 saturated carbocycles. The van der Waals surface area contributed by atoms with Crippen molar-refractivity contribution in [3.05, 3.63) is 35.4 Å². The summed E-state index contributed by atoms with van der Waals surface area (Å²) in [5, 5.41) is 0. The van der Waals surface area contributed by atoms with E-state index in [-0.39, 0.29) is 12.3 Å². The van der Waals surface area contributed by atoms with Crippen molar-refractivity contribution >= 4 is 17.8 Å². The van der Waals surface area contributed by atoms with Gasteiger partial charge in [0, 0.05) is 20.5 Å². The second kappa shape index (κ2) is 5.79. The molecule has 0 bridgehead atoms. The summed E-state index contributed by atoms with van der Waals surface area (Å²) in [5.41, 5.74) is -0.232. The number of benzene rings is 1. The quantitative estimate of drug-likeness (QED) is 0.608. The highest BCUT2D eigenvalue weighted by molar-refractivity contribution is 6.08. The van der Waals surface area contributed by atoms with Crippen molar-refractivity contribution in [2.45, 2.75) is 12.3 Å². The number of likely N-dealkylation sites (N-methyl/N-ethyl adjacent to an activating group) is 1. The van der Waals surface area contributed by atoms with Gasteiger partial charge < -0.3 is 14.4 Å². The average Bonchev–Trinajstić information content (AvgIpc) is 2.88. The minimum Gasteiger partial charge on any atom is -0.468 e. The van der Waals surface area contributed by atoms with Crippen molar-refractivity contribution in [1.82, 2.24) is 4.90 Å². The lowest BCUT2D eigenvalue weighted by molar-refractivity contribution is -0.173. The van der Waals surface area contributed by atoms with E-state index in [4.69, 9.17) is 9.47 Å². The van der Waals surface area contributed by atoms with Crippen LogP contribution in [0.2, 0.25) is 0 Å². The summed E-state index contributed by atoms with van der Waals surface area (Å²) in [5.74, 6) is -2.79. The molecular weight excluding hydrogens is 286 g/mol. The lowest BCUT2D eigenvalue weighted by atomic mass is 9.75. The Kier molecular flexibility index (Phi) is 4.21. The first kappa shape index (κ1) is 16.0. The zero-order valence-corrected chi connectivity index (χ0v) is 13.1. The molecule has 22 heavy (non-hydrogen) atoms. The fraction of sp³-hybridized carbons (Fsp3) is 0.438. The molecule has 0 unspecified atom stereocenters. The molecule has 0 radical (unpaired) electrons. The van der Waals surface area contributed by atoms with Crippen LogP contribution in [-0.2, 0) is 30.3 Å². The summed E-state index contributed by atoms with van der Waals surface area (Å²) in [6.07, 6.45) is 0.0900. The van der Waals surface area contributed by atoms with Gasteiger partial charge in [-0.3, -0.25) is 14.4 Å². The average molecular weight is 305 g/mol. The molecule has 1 aliphatic rings. The van der Waals surface area contributed by atoms with Crippen LogP contribution in [0.1, 0.15) is 17.0 Å². The molecule has 0 aliphatic heterocycles. The minimum absolute atomic E-state index is 0.0900. The molecule has 0 fully saturated rings.